The van der Waals surface area contributed by atoms with Gasteiger partial charge in [0, 0.05) is 6.61 Å². The molecule has 94 valence electrons. The van der Waals surface area contributed by atoms with E-state index < -0.39 is 12.0 Å². The van der Waals surface area contributed by atoms with Gasteiger partial charge in [-0.2, -0.15) is 0 Å². The molecule has 1 rings (SSSR count). The minimum atomic E-state index is -0.950. The van der Waals surface area contributed by atoms with Crippen LogP contribution < -0.4 is 5.73 Å². The van der Waals surface area contributed by atoms with Gasteiger partial charge in [-0.1, -0.05) is 13.8 Å². The van der Waals surface area contributed by atoms with Crippen LogP contribution in [0.3, 0.4) is 0 Å². The molecule has 0 radical (unpaired) electrons. The number of nitrogens with two attached hydrogens (primary N) is 1. The van der Waals surface area contributed by atoms with Crippen molar-refractivity contribution in [2.24, 2.45) is 17.6 Å². The normalized spacial score (nSPS) is 32.3. The number of rotatable bonds is 5. The molecular weight excluding hydrogens is 206 g/mol. The fourth-order valence-electron chi connectivity index (χ4n) is 2.49. The van der Waals surface area contributed by atoms with Crippen molar-refractivity contribution >= 4 is 5.97 Å². The minimum absolute atomic E-state index is 0.291. The highest BCUT2D eigenvalue weighted by Crippen LogP contribution is 2.30. The quantitative estimate of drug-likeness (QED) is 0.751. The third kappa shape index (κ3) is 4.49. The number of carbonyl (C=O) groups is 1. The summed E-state index contributed by atoms with van der Waals surface area (Å²) in [5, 5.41) is 8.62. The summed E-state index contributed by atoms with van der Waals surface area (Å²) in [4.78, 5) is 10.5. The zero-order valence-electron chi connectivity index (χ0n) is 10.2. The van der Waals surface area contributed by atoms with Crippen LogP contribution in [0.25, 0.3) is 0 Å². The summed E-state index contributed by atoms with van der Waals surface area (Å²) in [6.45, 7) is 4.95. The van der Waals surface area contributed by atoms with E-state index in [1.54, 1.807) is 0 Å². The second-order valence-electron chi connectivity index (χ2n) is 5.14. The SMILES string of the molecule is CC1CC(C)CC(OCCC(N)C(=O)O)C1. The molecule has 0 spiro atoms. The third-order valence-electron chi connectivity index (χ3n) is 3.23. The lowest BCUT2D eigenvalue weighted by Gasteiger charge is -2.31. The number of carboxylic acids is 1. The van der Waals surface area contributed by atoms with Gasteiger partial charge >= 0.3 is 5.97 Å². The van der Waals surface area contributed by atoms with Gasteiger partial charge in [0.05, 0.1) is 6.10 Å². The van der Waals surface area contributed by atoms with E-state index >= 15 is 0 Å². The average Bonchev–Trinajstić information content (AvgIpc) is 2.15. The summed E-state index contributed by atoms with van der Waals surface area (Å²) >= 11 is 0. The Balaban J connectivity index is 2.19. The number of carboxylic acid groups (broad SMARTS) is 1. The zero-order valence-corrected chi connectivity index (χ0v) is 10.2. The van der Waals surface area contributed by atoms with E-state index in [2.05, 4.69) is 13.8 Å². The standard InChI is InChI=1S/C12H23NO3/c1-8-5-9(2)7-10(6-8)16-4-3-11(13)12(14)15/h8-11H,3-7,13H2,1-2H3,(H,14,15). The van der Waals surface area contributed by atoms with E-state index in [9.17, 15) is 4.79 Å². The Labute approximate surface area is 97.2 Å². The Morgan fingerprint density at radius 3 is 2.44 bits per heavy atom. The molecule has 4 nitrogen and oxygen atoms in total. The molecule has 0 aliphatic heterocycles. The van der Waals surface area contributed by atoms with Crippen LogP contribution in [0, 0.1) is 11.8 Å². The van der Waals surface area contributed by atoms with Crippen molar-refractivity contribution in [3.8, 4) is 0 Å². The maximum absolute atomic E-state index is 10.5. The Morgan fingerprint density at radius 2 is 1.94 bits per heavy atom. The second kappa shape index (κ2) is 6.21. The largest absolute Gasteiger partial charge is 0.480 e. The highest BCUT2D eigenvalue weighted by Gasteiger charge is 2.24. The van der Waals surface area contributed by atoms with Crippen molar-refractivity contribution in [2.45, 2.75) is 51.7 Å². The number of hydrogen-bond donors (Lipinski definition) is 2. The molecule has 3 unspecified atom stereocenters. The first-order valence-corrected chi connectivity index (χ1v) is 6.09. The molecule has 0 aromatic rings. The van der Waals surface area contributed by atoms with Crippen LogP contribution in [-0.4, -0.2) is 29.8 Å². The topological polar surface area (TPSA) is 72.5 Å². The molecule has 16 heavy (non-hydrogen) atoms. The molecule has 0 amide bonds. The maximum Gasteiger partial charge on any atom is 0.320 e. The average molecular weight is 229 g/mol. The van der Waals surface area contributed by atoms with Gasteiger partial charge in [-0.25, -0.2) is 0 Å². The van der Waals surface area contributed by atoms with Crippen LogP contribution in [0.5, 0.6) is 0 Å². The van der Waals surface area contributed by atoms with Gasteiger partial charge in [-0.3, -0.25) is 4.79 Å². The van der Waals surface area contributed by atoms with Gasteiger partial charge in [0.2, 0.25) is 0 Å². The van der Waals surface area contributed by atoms with E-state index in [0.717, 1.165) is 12.8 Å². The highest BCUT2D eigenvalue weighted by molar-refractivity contribution is 5.72. The van der Waals surface area contributed by atoms with E-state index in [0.29, 0.717) is 31.0 Å². The van der Waals surface area contributed by atoms with E-state index in [-0.39, 0.29) is 0 Å². The van der Waals surface area contributed by atoms with Crippen LogP contribution in [0.1, 0.15) is 39.5 Å². The van der Waals surface area contributed by atoms with E-state index in [1.165, 1.54) is 6.42 Å². The maximum atomic E-state index is 10.5. The third-order valence-corrected chi connectivity index (χ3v) is 3.23. The molecule has 0 aromatic carbocycles. The molecule has 0 heterocycles. The molecule has 1 fully saturated rings. The Morgan fingerprint density at radius 1 is 1.38 bits per heavy atom. The molecule has 1 aliphatic rings. The fraction of sp³-hybridized carbons (Fsp3) is 0.917. The summed E-state index contributed by atoms with van der Waals surface area (Å²) in [5.41, 5.74) is 5.41. The predicted octanol–water partition coefficient (Wildman–Crippen LogP) is 1.63. The molecule has 1 saturated carbocycles. The fourth-order valence-corrected chi connectivity index (χ4v) is 2.49. The van der Waals surface area contributed by atoms with Crippen LogP contribution in [-0.2, 0) is 9.53 Å². The lowest BCUT2D eigenvalue weighted by atomic mass is 9.82. The predicted molar refractivity (Wildman–Crippen MR) is 62.1 cm³/mol. The summed E-state index contributed by atoms with van der Waals surface area (Å²) in [6.07, 6.45) is 4.14. The second-order valence-corrected chi connectivity index (χ2v) is 5.14. The summed E-state index contributed by atoms with van der Waals surface area (Å²) in [7, 11) is 0. The van der Waals surface area contributed by atoms with Gasteiger partial charge in [-0.15, -0.1) is 0 Å². The van der Waals surface area contributed by atoms with E-state index in [4.69, 9.17) is 15.6 Å². The van der Waals surface area contributed by atoms with Crippen molar-refractivity contribution in [1.82, 2.24) is 0 Å². The Bertz CT molecular complexity index is 222. The van der Waals surface area contributed by atoms with Crippen molar-refractivity contribution < 1.29 is 14.6 Å². The first kappa shape index (κ1) is 13.5. The minimum Gasteiger partial charge on any atom is -0.480 e. The lowest BCUT2D eigenvalue weighted by Crippen LogP contribution is -2.33. The monoisotopic (exact) mass is 229 g/mol. The van der Waals surface area contributed by atoms with Gasteiger partial charge in [-0.05, 0) is 37.5 Å². The summed E-state index contributed by atoms with van der Waals surface area (Å²) in [5.74, 6) is 0.470. The van der Waals surface area contributed by atoms with Gasteiger partial charge in [0.1, 0.15) is 6.04 Å². The molecule has 3 N–H and O–H groups in total. The van der Waals surface area contributed by atoms with Crippen molar-refractivity contribution in [2.75, 3.05) is 6.61 Å². The number of hydrogen-bond acceptors (Lipinski definition) is 3. The Hall–Kier alpha value is -0.610. The zero-order chi connectivity index (χ0) is 12.1. The molecule has 4 heteroatoms. The smallest absolute Gasteiger partial charge is 0.320 e. The molecule has 0 aromatic heterocycles. The number of aliphatic carboxylic acids is 1. The van der Waals surface area contributed by atoms with E-state index in [1.807, 2.05) is 0 Å². The van der Waals surface area contributed by atoms with Gasteiger partial charge < -0.3 is 15.6 Å². The van der Waals surface area contributed by atoms with Gasteiger partial charge in [0.15, 0.2) is 0 Å². The van der Waals surface area contributed by atoms with Crippen molar-refractivity contribution in [1.29, 1.82) is 0 Å². The van der Waals surface area contributed by atoms with Crippen molar-refractivity contribution in [3.05, 3.63) is 0 Å². The first-order chi connectivity index (χ1) is 7.49. The highest BCUT2D eigenvalue weighted by atomic mass is 16.5. The van der Waals surface area contributed by atoms with Crippen molar-refractivity contribution in [3.63, 3.8) is 0 Å². The molecule has 1 aliphatic carbocycles. The molecule has 0 bridgehead atoms. The van der Waals surface area contributed by atoms with Crippen LogP contribution >= 0.6 is 0 Å². The molecule has 3 atom stereocenters. The van der Waals surface area contributed by atoms with Crippen LogP contribution in [0.2, 0.25) is 0 Å². The Kier molecular flexibility index (Phi) is 5.22. The van der Waals surface area contributed by atoms with Gasteiger partial charge in [0.25, 0.3) is 0 Å². The van der Waals surface area contributed by atoms with Crippen LogP contribution in [0.4, 0.5) is 0 Å². The lowest BCUT2D eigenvalue weighted by molar-refractivity contribution is -0.139. The summed E-state index contributed by atoms with van der Waals surface area (Å²) in [6, 6.07) is -0.793. The molecular formula is C12H23NO3. The molecule has 0 saturated heterocycles. The van der Waals surface area contributed by atoms with Crippen LogP contribution in [0.15, 0.2) is 0 Å². The summed E-state index contributed by atoms with van der Waals surface area (Å²) < 4.78 is 5.70. The first-order valence-electron chi connectivity index (χ1n) is 6.09. The number of ether oxygens (including phenoxy) is 1.